The first kappa shape index (κ1) is 15.2. The van der Waals surface area contributed by atoms with E-state index in [4.69, 9.17) is 4.74 Å². The Bertz CT molecular complexity index is 498. The Labute approximate surface area is 130 Å². The van der Waals surface area contributed by atoms with E-state index < -0.39 is 0 Å². The molecule has 1 amide bonds. The first-order valence-electron chi connectivity index (χ1n) is 7.99. The van der Waals surface area contributed by atoms with Crippen molar-refractivity contribution in [2.24, 2.45) is 0 Å². The van der Waals surface area contributed by atoms with Gasteiger partial charge in [0.15, 0.2) is 0 Å². The molecule has 2 aliphatic rings. The van der Waals surface area contributed by atoms with Gasteiger partial charge in [-0.2, -0.15) is 0 Å². The number of carbonyl (C=O) groups is 1. The summed E-state index contributed by atoms with van der Waals surface area (Å²) in [6, 6.07) is 1.67. The highest BCUT2D eigenvalue weighted by atomic mass is 16.5. The summed E-state index contributed by atoms with van der Waals surface area (Å²) in [5, 5.41) is 2.93. The molecule has 7 nitrogen and oxygen atoms in total. The maximum absolute atomic E-state index is 12.2. The van der Waals surface area contributed by atoms with E-state index in [9.17, 15) is 4.79 Å². The topological polar surface area (TPSA) is 70.6 Å². The highest BCUT2D eigenvalue weighted by Crippen LogP contribution is 2.15. The fourth-order valence-corrected chi connectivity index (χ4v) is 2.79. The van der Waals surface area contributed by atoms with Gasteiger partial charge in [0.05, 0.1) is 13.2 Å². The Kier molecular flexibility index (Phi) is 5.18. The molecule has 1 N–H and O–H groups in total. The quantitative estimate of drug-likeness (QED) is 0.834. The molecule has 1 aromatic heterocycles. The van der Waals surface area contributed by atoms with Crippen molar-refractivity contribution in [3.63, 3.8) is 0 Å². The van der Waals surface area contributed by atoms with Crippen LogP contribution in [0.15, 0.2) is 12.3 Å². The largest absolute Gasteiger partial charge is 0.379 e. The summed E-state index contributed by atoms with van der Waals surface area (Å²) >= 11 is 0. The molecule has 0 aromatic carbocycles. The molecule has 0 radical (unpaired) electrons. The van der Waals surface area contributed by atoms with Crippen LogP contribution in [0.5, 0.6) is 0 Å². The minimum atomic E-state index is -0.129. The molecular formula is C15H23N5O2. The molecular weight excluding hydrogens is 282 g/mol. The van der Waals surface area contributed by atoms with E-state index in [-0.39, 0.29) is 5.91 Å². The average molecular weight is 305 g/mol. The summed E-state index contributed by atoms with van der Waals surface area (Å²) < 4.78 is 5.31. The van der Waals surface area contributed by atoms with Gasteiger partial charge >= 0.3 is 0 Å². The van der Waals surface area contributed by atoms with Crippen LogP contribution in [0.25, 0.3) is 0 Å². The molecule has 3 rings (SSSR count). The van der Waals surface area contributed by atoms with Gasteiger partial charge in [-0.1, -0.05) is 0 Å². The number of rotatable bonds is 5. The number of nitrogens with zero attached hydrogens (tertiary/aromatic N) is 4. The second-order valence-corrected chi connectivity index (χ2v) is 5.65. The Morgan fingerprint density at radius 2 is 2.00 bits per heavy atom. The van der Waals surface area contributed by atoms with E-state index in [2.05, 4.69) is 25.1 Å². The Morgan fingerprint density at radius 3 is 2.77 bits per heavy atom. The molecule has 0 atom stereocenters. The van der Waals surface area contributed by atoms with Crippen LogP contribution >= 0.6 is 0 Å². The van der Waals surface area contributed by atoms with Crippen molar-refractivity contribution >= 4 is 11.9 Å². The molecule has 22 heavy (non-hydrogen) atoms. The number of hydrogen-bond donors (Lipinski definition) is 1. The van der Waals surface area contributed by atoms with Crippen molar-refractivity contribution < 1.29 is 9.53 Å². The zero-order valence-electron chi connectivity index (χ0n) is 12.8. The minimum absolute atomic E-state index is 0.129. The van der Waals surface area contributed by atoms with Gasteiger partial charge in [0.2, 0.25) is 5.95 Å². The first-order chi connectivity index (χ1) is 10.8. The zero-order valence-corrected chi connectivity index (χ0v) is 12.8. The maximum Gasteiger partial charge on any atom is 0.270 e. The molecule has 0 spiro atoms. The molecule has 2 saturated heterocycles. The molecule has 1 aromatic rings. The van der Waals surface area contributed by atoms with Crippen molar-refractivity contribution in [1.82, 2.24) is 20.2 Å². The number of nitrogens with one attached hydrogen (secondary N) is 1. The normalized spacial score (nSPS) is 19.4. The van der Waals surface area contributed by atoms with Crippen molar-refractivity contribution in [2.45, 2.75) is 12.8 Å². The number of carbonyl (C=O) groups excluding carboxylic acids is 1. The third-order valence-corrected chi connectivity index (χ3v) is 4.08. The lowest BCUT2D eigenvalue weighted by Gasteiger charge is -2.26. The molecule has 0 saturated carbocycles. The number of ether oxygens (including phenoxy) is 1. The number of anilines is 1. The first-order valence-corrected chi connectivity index (χ1v) is 7.99. The third-order valence-electron chi connectivity index (χ3n) is 4.08. The van der Waals surface area contributed by atoms with Crippen molar-refractivity contribution in [3.05, 3.63) is 18.0 Å². The lowest BCUT2D eigenvalue weighted by molar-refractivity contribution is 0.0383. The van der Waals surface area contributed by atoms with E-state index in [1.54, 1.807) is 12.3 Å². The third kappa shape index (κ3) is 3.92. The van der Waals surface area contributed by atoms with Crippen molar-refractivity contribution in [2.75, 3.05) is 57.4 Å². The summed E-state index contributed by atoms with van der Waals surface area (Å²) in [5.41, 5.74) is 0.443. The van der Waals surface area contributed by atoms with Gasteiger partial charge in [0.25, 0.3) is 5.91 Å². The molecule has 2 aliphatic heterocycles. The van der Waals surface area contributed by atoms with E-state index in [1.807, 2.05) is 0 Å². The number of morpholine rings is 1. The smallest absolute Gasteiger partial charge is 0.270 e. The monoisotopic (exact) mass is 305 g/mol. The number of aromatic nitrogens is 2. The fourth-order valence-electron chi connectivity index (χ4n) is 2.79. The standard InChI is InChI=1S/C15H23N5O2/c21-14(16-5-8-19-9-11-22-12-10-19)13-3-4-17-15(18-13)20-6-1-2-7-20/h3-4H,1-2,5-12H2,(H,16,21). The Morgan fingerprint density at radius 1 is 1.23 bits per heavy atom. The summed E-state index contributed by atoms with van der Waals surface area (Å²) in [6.45, 7) is 6.84. The second kappa shape index (κ2) is 7.51. The van der Waals surface area contributed by atoms with Gasteiger partial charge in [0, 0.05) is 45.5 Å². The van der Waals surface area contributed by atoms with E-state index >= 15 is 0 Å². The van der Waals surface area contributed by atoms with Crippen LogP contribution in [0.2, 0.25) is 0 Å². The van der Waals surface area contributed by atoms with Crippen LogP contribution in [0.3, 0.4) is 0 Å². The highest BCUT2D eigenvalue weighted by molar-refractivity contribution is 5.92. The van der Waals surface area contributed by atoms with Crippen molar-refractivity contribution in [3.8, 4) is 0 Å². The molecule has 0 aliphatic carbocycles. The van der Waals surface area contributed by atoms with Crippen LogP contribution in [0.1, 0.15) is 23.3 Å². The number of amides is 1. The number of hydrogen-bond acceptors (Lipinski definition) is 6. The summed E-state index contributed by atoms with van der Waals surface area (Å²) in [5.74, 6) is 0.537. The average Bonchev–Trinajstić information content (AvgIpc) is 3.10. The molecule has 0 bridgehead atoms. The van der Waals surface area contributed by atoms with Crippen LogP contribution in [0.4, 0.5) is 5.95 Å². The van der Waals surface area contributed by atoms with E-state index in [0.29, 0.717) is 18.2 Å². The Hall–Kier alpha value is -1.73. The van der Waals surface area contributed by atoms with Gasteiger partial charge < -0.3 is 15.0 Å². The second-order valence-electron chi connectivity index (χ2n) is 5.65. The van der Waals surface area contributed by atoms with E-state index in [1.165, 1.54) is 12.8 Å². The Balaban J connectivity index is 1.49. The lowest BCUT2D eigenvalue weighted by Crippen LogP contribution is -2.41. The SMILES string of the molecule is O=C(NCCN1CCOCC1)c1ccnc(N2CCCC2)n1. The lowest BCUT2D eigenvalue weighted by atomic mass is 10.3. The molecule has 0 unspecified atom stereocenters. The van der Waals surface area contributed by atoms with E-state index in [0.717, 1.165) is 45.9 Å². The molecule has 3 heterocycles. The van der Waals surface area contributed by atoms with Crippen LogP contribution in [0, 0.1) is 0 Å². The van der Waals surface area contributed by atoms with Gasteiger partial charge in [-0.25, -0.2) is 9.97 Å². The van der Waals surface area contributed by atoms with Gasteiger partial charge in [-0.05, 0) is 18.9 Å². The predicted octanol–water partition coefficient (Wildman–Crippen LogP) is 0.139. The fraction of sp³-hybridized carbons (Fsp3) is 0.667. The maximum atomic E-state index is 12.2. The van der Waals surface area contributed by atoms with Gasteiger partial charge in [0.1, 0.15) is 5.69 Å². The summed E-state index contributed by atoms with van der Waals surface area (Å²) in [7, 11) is 0. The van der Waals surface area contributed by atoms with Crippen LogP contribution < -0.4 is 10.2 Å². The zero-order chi connectivity index (χ0) is 15.2. The highest BCUT2D eigenvalue weighted by Gasteiger charge is 2.17. The summed E-state index contributed by atoms with van der Waals surface area (Å²) in [4.78, 5) is 25.3. The van der Waals surface area contributed by atoms with Crippen LogP contribution in [-0.4, -0.2) is 73.3 Å². The van der Waals surface area contributed by atoms with Crippen molar-refractivity contribution in [1.29, 1.82) is 0 Å². The summed E-state index contributed by atoms with van der Waals surface area (Å²) in [6.07, 6.45) is 4.00. The molecule has 120 valence electrons. The van der Waals surface area contributed by atoms with Gasteiger partial charge in [-0.3, -0.25) is 9.69 Å². The molecule has 2 fully saturated rings. The van der Waals surface area contributed by atoms with Crippen LogP contribution in [-0.2, 0) is 4.74 Å². The minimum Gasteiger partial charge on any atom is -0.379 e. The van der Waals surface area contributed by atoms with Gasteiger partial charge in [-0.15, -0.1) is 0 Å². The predicted molar refractivity (Wildman–Crippen MR) is 83.1 cm³/mol. The molecule has 7 heteroatoms.